The van der Waals surface area contributed by atoms with E-state index in [0.29, 0.717) is 48.5 Å². The van der Waals surface area contributed by atoms with Gasteiger partial charge in [0, 0.05) is 22.3 Å². The van der Waals surface area contributed by atoms with Crippen molar-refractivity contribution in [3.05, 3.63) is 125 Å². The number of aliphatic hydroxyl groups is 1. The summed E-state index contributed by atoms with van der Waals surface area (Å²) < 4.78 is 34.5. The molecule has 11 heteroatoms. The van der Waals surface area contributed by atoms with Crippen LogP contribution in [0.2, 0.25) is 0 Å². The van der Waals surface area contributed by atoms with Gasteiger partial charge >= 0.3 is 23.9 Å². The topological polar surface area (TPSA) is 144 Å². The molecule has 4 rings (SSSR count). The van der Waals surface area contributed by atoms with E-state index in [1.807, 2.05) is 0 Å². The van der Waals surface area contributed by atoms with Gasteiger partial charge in [0.1, 0.15) is 25.6 Å². The van der Waals surface area contributed by atoms with Crippen molar-refractivity contribution in [1.29, 1.82) is 0 Å². The lowest BCUT2D eigenvalue weighted by molar-refractivity contribution is -0.149. The Morgan fingerprint density at radius 1 is 0.577 bits per heavy atom. The standard InChI is InChI=1S/C60H80O11/c1-11-13-14-17-45-20-22-47(23-21-45)48-24-26-49(27-25-48)50-28-29-54(46(12-2)34-50)53-35-51(18-15-30-67-56(62)41(3)4)55(52(36-53)19-16-31-68-57(63)42(5)6)70-39-60(37-61,40-71-59(65)44(9)10)38-66-32-33-69-58(64)43(7)8/h24-29,34-36,45,47,61H,3,5,7,9,11-23,30-33,37-40H2,1-2,4,6,8,10H3. The molecule has 11 nitrogen and oxygen atoms in total. The van der Waals surface area contributed by atoms with Crippen molar-refractivity contribution in [2.24, 2.45) is 11.3 Å². The Hall–Kier alpha value is -5.78. The number of carbonyl (C=O) groups is 4. The van der Waals surface area contributed by atoms with Crippen LogP contribution in [0.5, 0.6) is 5.75 Å². The highest BCUT2D eigenvalue weighted by Gasteiger charge is 2.35. The summed E-state index contributed by atoms with van der Waals surface area (Å²) in [6.45, 7) is 24.6. The van der Waals surface area contributed by atoms with Gasteiger partial charge in [-0.1, -0.05) is 108 Å². The maximum atomic E-state index is 12.7. The summed E-state index contributed by atoms with van der Waals surface area (Å²) in [6, 6.07) is 20.0. The van der Waals surface area contributed by atoms with Crippen LogP contribution < -0.4 is 4.74 Å². The number of aryl methyl sites for hydroxylation is 3. The number of ether oxygens (including phenoxy) is 6. The first-order valence-electron chi connectivity index (χ1n) is 25.5. The predicted molar refractivity (Wildman–Crippen MR) is 281 cm³/mol. The van der Waals surface area contributed by atoms with Crippen LogP contribution in [0.3, 0.4) is 0 Å². The van der Waals surface area contributed by atoms with Crippen molar-refractivity contribution in [1.82, 2.24) is 0 Å². The average molecular weight is 977 g/mol. The van der Waals surface area contributed by atoms with Gasteiger partial charge in [-0.25, -0.2) is 19.2 Å². The number of hydrogen-bond donors (Lipinski definition) is 1. The van der Waals surface area contributed by atoms with E-state index in [1.165, 1.54) is 69.4 Å². The zero-order chi connectivity index (χ0) is 51.9. The molecule has 3 aromatic rings. The second-order valence-corrected chi connectivity index (χ2v) is 19.5. The summed E-state index contributed by atoms with van der Waals surface area (Å²) in [5, 5.41) is 11.0. The highest BCUT2D eigenvalue weighted by molar-refractivity contribution is 5.88. The fraction of sp³-hybridized carbons (Fsp3) is 0.500. The molecule has 386 valence electrons. The first kappa shape index (κ1) is 57.8. The molecule has 0 amide bonds. The Morgan fingerprint density at radius 3 is 1.62 bits per heavy atom. The summed E-state index contributed by atoms with van der Waals surface area (Å²) >= 11 is 0. The Kier molecular flexibility index (Phi) is 24.0. The Labute approximate surface area is 423 Å². The molecule has 1 aliphatic rings. The van der Waals surface area contributed by atoms with Crippen LogP contribution in [-0.2, 0) is 62.1 Å². The number of aliphatic hydroxyl groups excluding tert-OH is 1. The Morgan fingerprint density at radius 2 is 1.10 bits per heavy atom. The lowest BCUT2D eigenvalue weighted by Crippen LogP contribution is -2.43. The first-order chi connectivity index (χ1) is 34.0. The van der Waals surface area contributed by atoms with E-state index in [4.69, 9.17) is 28.4 Å². The molecule has 0 aromatic heterocycles. The summed E-state index contributed by atoms with van der Waals surface area (Å²) in [5.41, 5.74) is 8.32. The SMILES string of the molecule is C=C(C)C(=O)OCCCc1cc(-c2ccc(-c3ccc(C4CCC(CCCCC)CC4)cc3)cc2CC)cc(CCCOC(=O)C(=C)C)c1OCC(CO)(COCCOC(=O)C(=C)C)COC(=O)C(=C)C. The molecule has 1 N–H and O–H groups in total. The van der Waals surface area contributed by atoms with E-state index >= 15 is 0 Å². The Balaban J connectivity index is 1.72. The molecule has 1 fully saturated rings. The third-order valence-corrected chi connectivity index (χ3v) is 13.1. The van der Waals surface area contributed by atoms with Gasteiger partial charge in [-0.05, 0) is 154 Å². The van der Waals surface area contributed by atoms with E-state index in [-0.39, 0.29) is 57.4 Å². The molecule has 1 aliphatic carbocycles. The number of unbranched alkanes of at least 4 members (excludes halogenated alkanes) is 2. The third-order valence-electron chi connectivity index (χ3n) is 13.1. The second kappa shape index (κ2) is 29.5. The van der Waals surface area contributed by atoms with Crippen LogP contribution >= 0.6 is 0 Å². The van der Waals surface area contributed by atoms with Gasteiger partial charge in [0.15, 0.2) is 0 Å². The molecule has 0 saturated heterocycles. The number of carbonyl (C=O) groups excluding carboxylic acids is 4. The van der Waals surface area contributed by atoms with Crippen molar-refractivity contribution < 1.29 is 52.7 Å². The number of benzene rings is 3. The highest BCUT2D eigenvalue weighted by Crippen LogP contribution is 2.40. The minimum atomic E-state index is -1.26. The van der Waals surface area contributed by atoms with Crippen molar-refractivity contribution >= 4 is 23.9 Å². The molecule has 1 saturated carbocycles. The van der Waals surface area contributed by atoms with Gasteiger partial charge in [0.05, 0.1) is 38.4 Å². The lowest BCUT2D eigenvalue weighted by atomic mass is 9.77. The highest BCUT2D eigenvalue weighted by atomic mass is 16.6. The van der Waals surface area contributed by atoms with E-state index in [2.05, 4.69) is 94.8 Å². The minimum Gasteiger partial charge on any atom is -0.492 e. The van der Waals surface area contributed by atoms with E-state index in [0.717, 1.165) is 45.7 Å². The molecule has 0 bridgehead atoms. The van der Waals surface area contributed by atoms with Crippen molar-refractivity contribution in [2.75, 3.05) is 52.9 Å². The molecule has 71 heavy (non-hydrogen) atoms. The summed E-state index contributed by atoms with van der Waals surface area (Å²) in [7, 11) is 0. The van der Waals surface area contributed by atoms with Crippen LogP contribution in [0.4, 0.5) is 0 Å². The van der Waals surface area contributed by atoms with E-state index in [9.17, 15) is 24.3 Å². The van der Waals surface area contributed by atoms with Crippen LogP contribution in [0, 0.1) is 11.3 Å². The second-order valence-electron chi connectivity index (χ2n) is 19.5. The van der Waals surface area contributed by atoms with Crippen LogP contribution in [0.25, 0.3) is 22.3 Å². The molecule has 0 aliphatic heterocycles. The molecule has 1 unspecified atom stereocenters. The van der Waals surface area contributed by atoms with Crippen LogP contribution in [0.15, 0.2) is 103 Å². The van der Waals surface area contributed by atoms with Crippen LogP contribution in [0.1, 0.15) is 134 Å². The monoisotopic (exact) mass is 977 g/mol. The zero-order valence-corrected chi connectivity index (χ0v) is 43.6. The smallest absolute Gasteiger partial charge is 0.333 e. The van der Waals surface area contributed by atoms with E-state index in [1.54, 1.807) is 20.8 Å². The predicted octanol–water partition coefficient (Wildman–Crippen LogP) is 12.2. The van der Waals surface area contributed by atoms with Gasteiger partial charge in [0.25, 0.3) is 0 Å². The number of hydrogen-bond acceptors (Lipinski definition) is 11. The van der Waals surface area contributed by atoms with E-state index < -0.39 is 35.9 Å². The quantitative estimate of drug-likeness (QED) is 0.0285. The zero-order valence-electron chi connectivity index (χ0n) is 43.6. The first-order valence-corrected chi connectivity index (χ1v) is 25.5. The van der Waals surface area contributed by atoms with Crippen LogP contribution in [-0.4, -0.2) is 81.8 Å². The molecule has 0 spiro atoms. The number of rotatable bonds is 31. The molecular weight excluding hydrogens is 897 g/mol. The van der Waals surface area contributed by atoms with Crippen molar-refractivity contribution in [2.45, 2.75) is 131 Å². The molecule has 0 heterocycles. The summed E-state index contributed by atoms with van der Waals surface area (Å²) in [5.74, 6) is -0.132. The number of esters is 4. The van der Waals surface area contributed by atoms with Crippen molar-refractivity contribution in [3.63, 3.8) is 0 Å². The normalized spacial score (nSPS) is 15.2. The third kappa shape index (κ3) is 18.4. The largest absolute Gasteiger partial charge is 0.492 e. The molecule has 3 aromatic carbocycles. The van der Waals surface area contributed by atoms with Crippen molar-refractivity contribution in [3.8, 4) is 28.0 Å². The lowest BCUT2D eigenvalue weighted by Gasteiger charge is -2.32. The van der Waals surface area contributed by atoms with Gasteiger partial charge in [-0.2, -0.15) is 0 Å². The fourth-order valence-electron chi connectivity index (χ4n) is 8.76. The maximum Gasteiger partial charge on any atom is 0.333 e. The summed E-state index contributed by atoms with van der Waals surface area (Å²) in [6.07, 6.45) is 13.1. The van der Waals surface area contributed by atoms with Gasteiger partial charge in [0.2, 0.25) is 0 Å². The molecule has 0 radical (unpaired) electrons. The van der Waals surface area contributed by atoms with Gasteiger partial charge in [-0.15, -0.1) is 0 Å². The Bertz CT molecular complexity index is 2240. The van der Waals surface area contributed by atoms with Gasteiger partial charge < -0.3 is 33.5 Å². The summed E-state index contributed by atoms with van der Waals surface area (Å²) in [4.78, 5) is 49.4. The molecular formula is C60H80O11. The molecule has 1 atom stereocenters. The average Bonchev–Trinajstić information content (AvgIpc) is 3.36. The maximum absolute atomic E-state index is 12.7. The fourth-order valence-corrected chi connectivity index (χ4v) is 8.76. The van der Waals surface area contributed by atoms with Gasteiger partial charge in [-0.3, -0.25) is 0 Å². The minimum absolute atomic E-state index is 0.00378.